The molecule has 1 aliphatic heterocycles. The number of carbonyl (C=O) groups is 4. The van der Waals surface area contributed by atoms with Gasteiger partial charge in [0.25, 0.3) is 11.8 Å². The van der Waals surface area contributed by atoms with Gasteiger partial charge in [-0.2, -0.15) is 0 Å². The molecule has 3 aromatic carbocycles. The summed E-state index contributed by atoms with van der Waals surface area (Å²) in [6, 6.07) is 21.6. The van der Waals surface area contributed by atoms with Gasteiger partial charge in [0.15, 0.2) is 0 Å². The van der Waals surface area contributed by atoms with Crippen LogP contribution in [0.1, 0.15) is 58.4 Å². The zero-order chi connectivity index (χ0) is 28.1. The van der Waals surface area contributed by atoms with Crippen LogP contribution < -0.4 is 10.1 Å². The van der Waals surface area contributed by atoms with E-state index in [2.05, 4.69) is 5.32 Å². The second kappa shape index (κ2) is 12.2. The van der Waals surface area contributed by atoms with Crippen molar-refractivity contribution in [2.24, 2.45) is 0 Å². The van der Waals surface area contributed by atoms with E-state index in [4.69, 9.17) is 21.1 Å². The van der Waals surface area contributed by atoms with E-state index in [-0.39, 0.29) is 34.7 Å². The minimum Gasteiger partial charge on any atom is -0.457 e. The molecule has 1 fully saturated rings. The molecule has 0 radical (unpaired) electrons. The fraction of sp³-hybridized carbons (Fsp3) is 0.226. The van der Waals surface area contributed by atoms with Crippen molar-refractivity contribution in [1.82, 2.24) is 4.90 Å². The monoisotopic (exact) mass is 558 g/mol. The van der Waals surface area contributed by atoms with E-state index in [0.717, 1.165) is 37.7 Å². The summed E-state index contributed by atoms with van der Waals surface area (Å²) < 4.78 is 10.7. The van der Waals surface area contributed by atoms with Gasteiger partial charge in [0.05, 0.1) is 11.1 Å². The average Bonchev–Trinajstić information content (AvgIpc) is 3.20. The molecule has 0 unspecified atom stereocenters. The van der Waals surface area contributed by atoms with Crippen molar-refractivity contribution in [3.05, 3.63) is 106 Å². The van der Waals surface area contributed by atoms with Crippen LogP contribution in [0.15, 0.2) is 89.6 Å². The molecule has 1 aliphatic carbocycles. The van der Waals surface area contributed by atoms with E-state index in [9.17, 15) is 19.2 Å². The highest BCUT2D eigenvalue weighted by molar-refractivity contribution is 6.48. The first-order chi connectivity index (χ1) is 19.4. The van der Waals surface area contributed by atoms with Gasteiger partial charge in [-0.1, -0.05) is 61.2 Å². The molecule has 5 rings (SSSR count). The molecule has 2 aliphatic rings. The van der Waals surface area contributed by atoms with E-state index in [1.165, 1.54) is 41.3 Å². The van der Waals surface area contributed by atoms with Crippen LogP contribution in [0, 0.1) is 0 Å². The minimum absolute atomic E-state index is 0.0370. The Morgan fingerprint density at radius 2 is 1.43 bits per heavy atom. The van der Waals surface area contributed by atoms with Crippen molar-refractivity contribution >= 4 is 41.0 Å². The number of nitrogens with zero attached hydrogens (tertiary/aromatic N) is 1. The Morgan fingerprint density at radius 1 is 0.800 bits per heavy atom. The molecule has 1 heterocycles. The number of rotatable bonds is 8. The number of hydrogen-bond donors (Lipinski definition) is 1. The molecule has 204 valence electrons. The summed E-state index contributed by atoms with van der Waals surface area (Å²) in [4.78, 5) is 51.9. The van der Waals surface area contributed by atoms with Crippen LogP contribution in [0.2, 0.25) is 0 Å². The molecule has 0 spiro atoms. The van der Waals surface area contributed by atoms with Crippen LogP contribution in [0.5, 0.6) is 5.75 Å². The van der Waals surface area contributed by atoms with Gasteiger partial charge in [-0.05, 0) is 66.9 Å². The lowest BCUT2D eigenvalue weighted by atomic mass is 9.94. The van der Waals surface area contributed by atoms with E-state index in [1.807, 2.05) is 30.3 Å². The lowest BCUT2D eigenvalue weighted by Gasteiger charge is -2.29. The summed E-state index contributed by atoms with van der Waals surface area (Å²) in [7, 11) is 0. The first-order valence-electron chi connectivity index (χ1n) is 13.1. The zero-order valence-electron chi connectivity index (χ0n) is 21.6. The fourth-order valence-electron chi connectivity index (χ4n) is 4.76. The summed E-state index contributed by atoms with van der Waals surface area (Å²) in [6.45, 7) is 0.161. The lowest BCUT2D eigenvalue weighted by molar-refractivity contribution is -0.140. The van der Waals surface area contributed by atoms with Crippen molar-refractivity contribution in [1.29, 1.82) is 0 Å². The first-order valence-corrected chi connectivity index (χ1v) is 13.5. The molecular weight excluding hydrogens is 532 g/mol. The average molecular weight is 559 g/mol. The molecule has 8 nitrogen and oxygen atoms in total. The van der Waals surface area contributed by atoms with Crippen molar-refractivity contribution < 1.29 is 28.7 Å². The van der Waals surface area contributed by atoms with Crippen molar-refractivity contribution in [3.63, 3.8) is 0 Å². The molecule has 0 saturated heterocycles. The summed E-state index contributed by atoms with van der Waals surface area (Å²) in [5.41, 5.74) is 2.02. The Hall–Kier alpha value is -4.43. The van der Waals surface area contributed by atoms with Crippen molar-refractivity contribution in [3.8, 4) is 5.75 Å². The maximum Gasteiger partial charge on any atom is 0.343 e. The van der Waals surface area contributed by atoms with Gasteiger partial charge in [-0.15, -0.1) is 0 Å². The first kappa shape index (κ1) is 27.1. The summed E-state index contributed by atoms with van der Waals surface area (Å²) in [5, 5.41) is 2.80. The number of hydrogen-bond acceptors (Lipinski definition) is 7. The van der Waals surface area contributed by atoms with Gasteiger partial charge in [0.1, 0.15) is 23.1 Å². The molecule has 2 amide bonds. The third kappa shape index (κ3) is 6.07. The highest BCUT2D eigenvalue weighted by Crippen LogP contribution is 2.32. The number of carbonyl (C=O) groups excluding carboxylic acids is 4. The Balaban J connectivity index is 1.16. The molecular formula is C31H27ClN2O6. The van der Waals surface area contributed by atoms with Gasteiger partial charge in [0.2, 0.25) is 0 Å². The number of anilines is 1. The predicted octanol–water partition coefficient (Wildman–Crippen LogP) is 5.83. The minimum atomic E-state index is -0.598. The van der Waals surface area contributed by atoms with Crippen molar-refractivity contribution in [2.75, 3.05) is 5.32 Å². The SMILES string of the molecule is O=C(OCc1ccccc1)c1ccc(OC(=O)c2ccc(NC3=C(Cl)C(=O)N(C4CCCCC4)C3=O)cc2)cc1. The smallest absolute Gasteiger partial charge is 0.343 e. The van der Waals surface area contributed by atoms with E-state index in [1.54, 1.807) is 12.1 Å². The molecule has 0 bridgehead atoms. The molecule has 3 aromatic rings. The Labute approximate surface area is 236 Å². The summed E-state index contributed by atoms with van der Waals surface area (Å²) in [5.74, 6) is -1.72. The number of imide groups is 1. The van der Waals surface area contributed by atoms with Gasteiger partial charge in [0, 0.05) is 11.7 Å². The van der Waals surface area contributed by atoms with E-state index in [0.29, 0.717) is 11.3 Å². The number of nitrogens with one attached hydrogen (secondary N) is 1. The quantitative estimate of drug-likeness (QED) is 0.211. The van der Waals surface area contributed by atoms with Gasteiger partial charge >= 0.3 is 11.9 Å². The number of ether oxygens (including phenoxy) is 2. The maximum absolute atomic E-state index is 13.0. The number of benzene rings is 3. The zero-order valence-corrected chi connectivity index (χ0v) is 22.4. The van der Waals surface area contributed by atoms with Crippen molar-refractivity contribution in [2.45, 2.75) is 44.8 Å². The van der Waals surface area contributed by atoms with Crippen LogP contribution in [0.3, 0.4) is 0 Å². The van der Waals surface area contributed by atoms with Gasteiger partial charge < -0.3 is 14.8 Å². The second-order valence-corrected chi connectivity index (χ2v) is 10.0. The molecule has 0 aromatic heterocycles. The molecule has 1 N–H and O–H groups in total. The molecule has 0 atom stereocenters. The van der Waals surface area contributed by atoms with Crippen LogP contribution in [0.4, 0.5) is 5.69 Å². The third-order valence-corrected chi connectivity index (χ3v) is 7.25. The van der Waals surface area contributed by atoms with Crippen LogP contribution in [0.25, 0.3) is 0 Å². The standard InChI is InChI=1S/C31H27ClN2O6/c32-26-27(29(36)34(28(26)35)24-9-5-2-6-10-24)33-23-15-11-22(12-16-23)31(38)40-25-17-13-21(14-18-25)30(37)39-19-20-7-3-1-4-8-20/h1,3-4,7-8,11-18,24,33H,2,5-6,9-10,19H2. The fourth-order valence-corrected chi connectivity index (χ4v) is 4.98. The highest BCUT2D eigenvalue weighted by Gasteiger charge is 2.42. The molecule has 40 heavy (non-hydrogen) atoms. The Bertz CT molecular complexity index is 1450. The highest BCUT2D eigenvalue weighted by atomic mass is 35.5. The van der Waals surface area contributed by atoms with Crippen LogP contribution in [-0.2, 0) is 20.9 Å². The van der Waals surface area contributed by atoms with Crippen LogP contribution in [-0.4, -0.2) is 34.7 Å². The Kier molecular flexibility index (Phi) is 8.26. The number of amides is 2. The van der Waals surface area contributed by atoms with Gasteiger partial charge in [-0.25, -0.2) is 9.59 Å². The third-order valence-electron chi connectivity index (χ3n) is 6.90. The summed E-state index contributed by atoms with van der Waals surface area (Å²) >= 11 is 6.24. The normalized spacial score (nSPS) is 15.8. The Morgan fingerprint density at radius 3 is 2.10 bits per heavy atom. The van der Waals surface area contributed by atoms with E-state index >= 15 is 0 Å². The second-order valence-electron chi connectivity index (χ2n) is 9.64. The number of esters is 2. The molecule has 1 saturated carbocycles. The maximum atomic E-state index is 13.0. The largest absolute Gasteiger partial charge is 0.457 e. The topological polar surface area (TPSA) is 102 Å². The van der Waals surface area contributed by atoms with E-state index < -0.39 is 23.8 Å². The predicted molar refractivity (Wildman–Crippen MR) is 149 cm³/mol. The van der Waals surface area contributed by atoms with Crippen LogP contribution >= 0.6 is 11.6 Å². The summed E-state index contributed by atoms with van der Waals surface area (Å²) in [6.07, 6.45) is 4.62. The molecule has 9 heteroatoms. The van der Waals surface area contributed by atoms with Gasteiger partial charge in [-0.3, -0.25) is 14.5 Å². The lowest BCUT2D eigenvalue weighted by Crippen LogP contribution is -2.42. The number of halogens is 1.